The van der Waals surface area contributed by atoms with Gasteiger partial charge < -0.3 is 29.9 Å². The standard InChI is InChI=1S/C34H37FN6O5S/c1-34(2,3)46-33(44)40(4)23-12-15-41(16-13-23)31(42)20-5-9-25(37-19-20)29-18-26-30(47-29)28(11-14-36-26)45-27-10-8-22(17-24(27)35)39-32(43)38-21-6-7-21/h5,8-11,14,17-19,21,23H,6-7,12-13,15-16H2,1-4H3,(H2,38,39,43). The van der Waals surface area contributed by atoms with Gasteiger partial charge in [0.15, 0.2) is 11.6 Å². The monoisotopic (exact) mass is 660 g/mol. The van der Waals surface area contributed by atoms with Gasteiger partial charge in [0.25, 0.3) is 5.91 Å². The highest BCUT2D eigenvalue weighted by molar-refractivity contribution is 7.22. The van der Waals surface area contributed by atoms with Crippen molar-refractivity contribution in [1.82, 2.24) is 25.1 Å². The molecule has 0 bridgehead atoms. The Labute approximate surface area is 276 Å². The molecule has 4 heterocycles. The summed E-state index contributed by atoms with van der Waals surface area (Å²) in [4.78, 5) is 51.0. The molecule has 1 saturated heterocycles. The number of nitrogens with zero attached hydrogens (tertiary/aromatic N) is 4. The van der Waals surface area contributed by atoms with E-state index in [-0.39, 0.29) is 35.9 Å². The molecule has 2 fully saturated rings. The molecule has 246 valence electrons. The lowest BCUT2D eigenvalue weighted by atomic mass is 10.0. The zero-order valence-electron chi connectivity index (χ0n) is 26.7. The van der Waals surface area contributed by atoms with Crippen molar-refractivity contribution < 1.29 is 28.2 Å². The molecule has 6 rings (SSSR count). The van der Waals surface area contributed by atoms with E-state index in [4.69, 9.17) is 9.47 Å². The number of fused-ring (bicyclic) bond motifs is 1. The van der Waals surface area contributed by atoms with E-state index in [1.807, 2.05) is 26.8 Å². The summed E-state index contributed by atoms with van der Waals surface area (Å²) in [6, 6.07) is 11.2. The molecule has 1 aromatic carbocycles. The molecule has 3 aromatic heterocycles. The second kappa shape index (κ2) is 13.1. The average Bonchev–Trinajstić information content (AvgIpc) is 3.74. The molecule has 2 N–H and O–H groups in total. The molecule has 47 heavy (non-hydrogen) atoms. The van der Waals surface area contributed by atoms with Crippen molar-refractivity contribution in [1.29, 1.82) is 0 Å². The third-order valence-corrected chi connectivity index (χ3v) is 9.10. The number of halogens is 1. The van der Waals surface area contributed by atoms with E-state index < -0.39 is 11.4 Å². The van der Waals surface area contributed by atoms with Crippen LogP contribution in [0.3, 0.4) is 0 Å². The summed E-state index contributed by atoms with van der Waals surface area (Å²) in [5.41, 5.74) is 1.58. The minimum absolute atomic E-state index is 0.00234. The number of carbonyl (C=O) groups excluding carboxylic acids is 3. The number of urea groups is 1. The molecule has 0 radical (unpaired) electrons. The molecule has 4 aromatic rings. The van der Waals surface area contributed by atoms with E-state index in [9.17, 15) is 18.8 Å². The highest BCUT2D eigenvalue weighted by atomic mass is 32.1. The summed E-state index contributed by atoms with van der Waals surface area (Å²) in [6.45, 7) is 6.57. The number of likely N-dealkylation sites (tertiary alicyclic amines) is 1. The van der Waals surface area contributed by atoms with Gasteiger partial charge in [-0.1, -0.05) is 0 Å². The van der Waals surface area contributed by atoms with Crippen LogP contribution in [0.15, 0.2) is 54.9 Å². The summed E-state index contributed by atoms with van der Waals surface area (Å²) in [7, 11) is 1.74. The molecular formula is C34H37FN6O5S. The lowest BCUT2D eigenvalue weighted by Gasteiger charge is -2.37. The number of anilines is 1. The molecule has 0 spiro atoms. The third kappa shape index (κ3) is 7.79. The molecule has 1 saturated carbocycles. The van der Waals surface area contributed by atoms with Crippen LogP contribution in [0.1, 0.15) is 56.8 Å². The Kier molecular flexibility index (Phi) is 9.00. The zero-order chi connectivity index (χ0) is 33.3. The first kappa shape index (κ1) is 32.2. The Morgan fingerprint density at radius 1 is 1.00 bits per heavy atom. The van der Waals surface area contributed by atoms with Gasteiger partial charge in [-0.3, -0.25) is 14.8 Å². The Morgan fingerprint density at radius 3 is 2.43 bits per heavy atom. The molecule has 1 aliphatic carbocycles. The van der Waals surface area contributed by atoms with Crippen molar-refractivity contribution in [3.05, 3.63) is 66.2 Å². The summed E-state index contributed by atoms with van der Waals surface area (Å²) < 4.78 is 27.1. The fraction of sp³-hybridized carbons (Fsp3) is 0.382. The maximum atomic E-state index is 14.9. The van der Waals surface area contributed by atoms with Gasteiger partial charge in [0.05, 0.1) is 26.4 Å². The number of nitrogens with one attached hydrogen (secondary N) is 2. The van der Waals surface area contributed by atoms with E-state index in [0.717, 1.165) is 17.7 Å². The summed E-state index contributed by atoms with van der Waals surface area (Å²) >= 11 is 1.40. The number of carbonyl (C=O) groups is 3. The quantitative estimate of drug-likeness (QED) is 0.218. The topological polar surface area (TPSA) is 126 Å². The average molecular weight is 661 g/mol. The van der Waals surface area contributed by atoms with Gasteiger partial charge in [-0.05, 0) is 76.8 Å². The normalized spacial score (nSPS) is 15.3. The predicted molar refractivity (Wildman–Crippen MR) is 177 cm³/mol. The van der Waals surface area contributed by atoms with E-state index in [0.29, 0.717) is 58.8 Å². The first-order valence-electron chi connectivity index (χ1n) is 15.6. The fourth-order valence-electron chi connectivity index (χ4n) is 5.27. The molecule has 13 heteroatoms. The SMILES string of the molecule is CN(C(=O)OC(C)(C)C)C1CCN(C(=O)c2ccc(-c3cc4nccc(Oc5ccc(NC(=O)NC6CC6)cc5F)c4s3)nc2)CC1. The number of pyridine rings is 2. The van der Waals surface area contributed by atoms with E-state index >= 15 is 0 Å². The summed E-state index contributed by atoms with van der Waals surface area (Å²) in [6.07, 6.45) is 6.04. The number of amides is 4. The van der Waals surface area contributed by atoms with Gasteiger partial charge in [0, 0.05) is 62.4 Å². The summed E-state index contributed by atoms with van der Waals surface area (Å²) in [5, 5.41) is 5.44. The number of piperidine rings is 1. The number of ether oxygens (including phenoxy) is 2. The lowest BCUT2D eigenvalue weighted by molar-refractivity contribution is 0.0155. The third-order valence-electron chi connectivity index (χ3n) is 7.94. The molecular weight excluding hydrogens is 623 g/mol. The minimum atomic E-state index is -0.614. The van der Waals surface area contributed by atoms with Gasteiger partial charge in [0.1, 0.15) is 11.4 Å². The van der Waals surface area contributed by atoms with Crippen molar-refractivity contribution >= 4 is 45.3 Å². The Bertz CT molecular complexity index is 1800. The number of thiophene rings is 1. The van der Waals surface area contributed by atoms with Gasteiger partial charge in [-0.15, -0.1) is 11.3 Å². The van der Waals surface area contributed by atoms with Crippen LogP contribution in [0, 0.1) is 5.82 Å². The predicted octanol–water partition coefficient (Wildman–Crippen LogP) is 7.05. The number of hydrogen-bond acceptors (Lipinski definition) is 8. The summed E-state index contributed by atoms with van der Waals surface area (Å²) in [5.74, 6) is -0.271. The van der Waals surface area contributed by atoms with Crippen LogP contribution < -0.4 is 15.4 Å². The first-order valence-corrected chi connectivity index (χ1v) is 16.4. The van der Waals surface area contributed by atoms with Crippen LogP contribution in [0.4, 0.5) is 19.7 Å². The Morgan fingerprint density at radius 2 is 1.77 bits per heavy atom. The zero-order valence-corrected chi connectivity index (χ0v) is 27.5. The van der Waals surface area contributed by atoms with E-state index in [2.05, 4.69) is 20.6 Å². The van der Waals surface area contributed by atoms with Crippen LogP contribution in [0.25, 0.3) is 20.8 Å². The number of hydrogen-bond donors (Lipinski definition) is 2. The van der Waals surface area contributed by atoms with Crippen molar-refractivity contribution in [3.63, 3.8) is 0 Å². The smallest absolute Gasteiger partial charge is 0.410 e. The Balaban J connectivity index is 1.09. The number of rotatable bonds is 7. The highest BCUT2D eigenvalue weighted by Crippen LogP contribution is 2.39. The maximum Gasteiger partial charge on any atom is 0.410 e. The second-order valence-electron chi connectivity index (χ2n) is 12.8. The maximum absolute atomic E-state index is 14.9. The van der Waals surface area contributed by atoms with E-state index in [1.165, 1.54) is 23.5 Å². The van der Waals surface area contributed by atoms with Gasteiger partial charge in [-0.25, -0.2) is 14.0 Å². The molecule has 2 aliphatic rings. The Hall–Kier alpha value is -4.78. The molecule has 11 nitrogen and oxygen atoms in total. The fourth-order valence-corrected chi connectivity index (χ4v) is 6.31. The first-order chi connectivity index (χ1) is 22.4. The molecule has 1 aliphatic heterocycles. The van der Waals surface area contributed by atoms with E-state index in [1.54, 1.807) is 53.5 Å². The van der Waals surface area contributed by atoms with Crippen LogP contribution in [-0.4, -0.2) is 75.6 Å². The highest BCUT2D eigenvalue weighted by Gasteiger charge is 2.30. The van der Waals surface area contributed by atoms with Crippen LogP contribution >= 0.6 is 11.3 Å². The van der Waals surface area contributed by atoms with Gasteiger partial charge in [-0.2, -0.15) is 0 Å². The molecule has 0 atom stereocenters. The minimum Gasteiger partial charge on any atom is -0.453 e. The number of benzene rings is 1. The van der Waals surface area contributed by atoms with Crippen molar-refractivity contribution in [3.8, 4) is 22.1 Å². The van der Waals surface area contributed by atoms with Gasteiger partial charge in [0.2, 0.25) is 0 Å². The van der Waals surface area contributed by atoms with Crippen molar-refractivity contribution in [2.24, 2.45) is 0 Å². The molecule has 0 unspecified atom stereocenters. The number of aromatic nitrogens is 2. The van der Waals surface area contributed by atoms with Crippen LogP contribution in [0.5, 0.6) is 11.5 Å². The second-order valence-corrected chi connectivity index (χ2v) is 13.9. The molecule has 4 amide bonds. The van der Waals surface area contributed by atoms with Crippen LogP contribution in [0.2, 0.25) is 0 Å². The van der Waals surface area contributed by atoms with Gasteiger partial charge >= 0.3 is 12.1 Å². The van der Waals surface area contributed by atoms with Crippen LogP contribution in [-0.2, 0) is 4.74 Å². The van der Waals surface area contributed by atoms with Crippen molar-refractivity contribution in [2.75, 3.05) is 25.5 Å². The lowest BCUT2D eigenvalue weighted by Crippen LogP contribution is -2.48. The van der Waals surface area contributed by atoms with Crippen molar-refractivity contribution in [2.45, 2.75) is 64.1 Å². The largest absolute Gasteiger partial charge is 0.453 e.